The standard InChI is InChI=1S/C20H20N2O3/c1-3-25-16-12-8-7-11-15(16)18-17(13(2)21-20(24)22-18)19(23)14-9-5-4-6-10-14/h4-12,17-18H,2-3H2,1H3,(H2,21,22,24)/t17-,18+/m0/s1. The molecule has 1 heterocycles. The summed E-state index contributed by atoms with van der Waals surface area (Å²) in [5, 5.41) is 5.48. The van der Waals surface area contributed by atoms with Crippen molar-refractivity contribution in [3.63, 3.8) is 0 Å². The molecule has 2 aromatic carbocycles. The van der Waals surface area contributed by atoms with Crippen LogP contribution in [-0.2, 0) is 0 Å². The van der Waals surface area contributed by atoms with Gasteiger partial charge in [-0.3, -0.25) is 4.79 Å². The van der Waals surface area contributed by atoms with Crippen LogP contribution in [0.1, 0.15) is 28.9 Å². The number of carbonyl (C=O) groups is 2. The van der Waals surface area contributed by atoms with Crippen molar-refractivity contribution in [3.05, 3.63) is 78.0 Å². The summed E-state index contributed by atoms with van der Waals surface area (Å²) in [5.74, 6) is -0.0769. The molecule has 2 N–H and O–H groups in total. The SMILES string of the molecule is C=C1NC(=O)N[C@H](c2ccccc2OCC)[C@H]1C(=O)c1ccccc1. The first-order chi connectivity index (χ1) is 12.1. The zero-order valence-corrected chi connectivity index (χ0v) is 14.0. The van der Waals surface area contributed by atoms with Gasteiger partial charge in [-0.1, -0.05) is 55.1 Å². The molecule has 3 rings (SSSR count). The molecule has 1 aliphatic heterocycles. The summed E-state index contributed by atoms with van der Waals surface area (Å²) in [6.07, 6.45) is 0. The summed E-state index contributed by atoms with van der Waals surface area (Å²) in [4.78, 5) is 25.1. The molecule has 1 saturated heterocycles. The molecule has 5 nitrogen and oxygen atoms in total. The van der Waals surface area contributed by atoms with E-state index < -0.39 is 12.0 Å². The Hall–Kier alpha value is -3.08. The average molecular weight is 336 g/mol. The summed E-state index contributed by atoms with van der Waals surface area (Å²) in [6, 6.07) is 15.5. The predicted molar refractivity (Wildman–Crippen MR) is 95.4 cm³/mol. The van der Waals surface area contributed by atoms with Gasteiger partial charge >= 0.3 is 6.03 Å². The average Bonchev–Trinajstić information content (AvgIpc) is 2.62. The van der Waals surface area contributed by atoms with Crippen LogP contribution in [0.4, 0.5) is 4.79 Å². The second-order valence-corrected chi connectivity index (χ2v) is 5.78. The predicted octanol–water partition coefficient (Wildman–Crippen LogP) is 3.45. The van der Waals surface area contributed by atoms with Gasteiger partial charge in [0, 0.05) is 16.8 Å². The minimum Gasteiger partial charge on any atom is -0.494 e. The third-order valence-electron chi connectivity index (χ3n) is 4.16. The molecule has 0 bridgehead atoms. The Morgan fingerprint density at radius 2 is 1.80 bits per heavy atom. The van der Waals surface area contributed by atoms with E-state index in [1.807, 2.05) is 49.4 Å². The summed E-state index contributed by atoms with van der Waals surface area (Å²) in [6.45, 7) is 6.30. The van der Waals surface area contributed by atoms with Gasteiger partial charge in [0.2, 0.25) is 0 Å². The normalized spacial score (nSPS) is 19.7. The number of Topliss-reactive ketones (excluding diaryl/α,β-unsaturated/α-hetero) is 1. The van der Waals surface area contributed by atoms with Gasteiger partial charge in [0.05, 0.1) is 18.6 Å². The highest BCUT2D eigenvalue weighted by Gasteiger charge is 2.39. The van der Waals surface area contributed by atoms with Crippen LogP contribution in [-0.4, -0.2) is 18.4 Å². The molecular formula is C20H20N2O3. The number of nitrogens with one attached hydrogen (secondary N) is 2. The molecular weight excluding hydrogens is 316 g/mol. The summed E-state index contributed by atoms with van der Waals surface area (Å²) in [7, 11) is 0. The Morgan fingerprint density at radius 1 is 1.12 bits per heavy atom. The van der Waals surface area contributed by atoms with Crippen LogP contribution in [0.15, 0.2) is 66.9 Å². The van der Waals surface area contributed by atoms with E-state index in [0.29, 0.717) is 23.6 Å². The molecule has 5 heteroatoms. The number of ketones is 1. The maximum atomic E-state index is 13.1. The van der Waals surface area contributed by atoms with Gasteiger partial charge in [0.1, 0.15) is 5.75 Å². The number of benzene rings is 2. The number of para-hydroxylation sites is 1. The van der Waals surface area contributed by atoms with Crippen LogP contribution in [0, 0.1) is 5.92 Å². The van der Waals surface area contributed by atoms with Crippen molar-refractivity contribution in [1.29, 1.82) is 0 Å². The largest absolute Gasteiger partial charge is 0.494 e. The van der Waals surface area contributed by atoms with E-state index in [4.69, 9.17) is 4.74 Å². The van der Waals surface area contributed by atoms with E-state index in [2.05, 4.69) is 17.2 Å². The number of hydrogen-bond acceptors (Lipinski definition) is 3. The molecule has 2 atom stereocenters. The molecule has 25 heavy (non-hydrogen) atoms. The number of urea groups is 1. The van der Waals surface area contributed by atoms with E-state index in [1.54, 1.807) is 12.1 Å². The lowest BCUT2D eigenvalue weighted by molar-refractivity contribution is 0.0904. The van der Waals surface area contributed by atoms with E-state index in [9.17, 15) is 9.59 Å². The topological polar surface area (TPSA) is 67.4 Å². The first-order valence-electron chi connectivity index (χ1n) is 8.19. The number of ether oxygens (including phenoxy) is 1. The summed E-state index contributed by atoms with van der Waals surface area (Å²) >= 11 is 0. The van der Waals surface area contributed by atoms with E-state index >= 15 is 0 Å². The number of hydrogen-bond donors (Lipinski definition) is 2. The molecule has 0 radical (unpaired) electrons. The van der Waals surface area contributed by atoms with Gasteiger partial charge in [-0.15, -0.1) is 0 Å². The van der Waals surface area contributed by atoms with Crippen LogP contribution in [0.3, 0.4) is 0 Å². The quantitative estimate of drug-likeness (QED) is 0.822. The maximum absolute atomic E-state index is 13.1. The molecule has 1 fully saturated rings. The molecule has 2 aromatic rings. The van der Waals surface area contributed by atoms with Crippen molar-refractivity contribution in [1.82, 2.24) is 10.6 Å². The van der Waals surface area contributed by atoms with Crippen molar-refractivity contribution in [2.45, 2.75) is 13.0 Å². The van der Waals surface area contributed by atoms with E-state index in [0.717, 1.165) is 5.56 Å². The highest BCUT2D eigenvalue weighted by Crippen LogP contribution is 2.36. The molecule has 0 aromatic heterocycles. The first-order valence-corrected chi connectivity index (χ1v) is 8.19. The Bertz CT molecular complexity index is 802. The third kappa shape index (κ3) is 3.40. The number of amides is 2. The minimum absolute atomic E-state index is 0.102. The Labute approximate surface area is 146 Å². The van der Waals surface area contributed by atoms with Gasteiger partial charge in [0.25, 0.3) is 0 Å². The highest BCUT2D eigenvalue weighted by molar-refractivity contribution is 6.01. The zero-order valence-electron chi connectivity index (χ0n) is 14.0. The summed E-state index contributed by atoms with van der Waals surface area (Å²) in [5.41, 5.74) is 1.72. The smallest absolute Gasteiger partial charge is 0.319 e. The Kier molecular flexibility index (Phi) is 4.84. The lowest BCUT2D eigenvalue weighted by Gasteiger charge is -2.34. The fourth-order valence-electron chi connectivity index (χ4n) is 3.06. The molecule has 0 aliphatic carbocycles. The van der Waals surface area contributed by atoms with Crippen molar-refractivity contribution in [2.24, 2.45) is 5.92 Å². The van der Waals surface area contributed by atoms with Crippen LogP contribution < -0.4 is 15.4 Å². The minimum atomic E-state index is -0.623. The Morgan fingerprint density at radius 3 is 2.52 bits per heavy atom. The molecule has 128 valence electrons. The fraction of sp³-hybridized carbons (Fsp3) is 0.200. The van der Waals surface area contributed by atoms with Crippen LogP contribution in [0.5, 0.6) is 5.75 Å². The zero-order chi connectivity index (χ0) is 17.8. The van der Waals surface area contributed by atoms with Crippen molar-refractivity contribution >= 4 is 11.8 Å². The van der Waals surface area contributed by atoms with E-state index in [-0.39, 0.29) is 11.8 Å². The van der Waals surface area contributed by atoms with Crippen LogP contribution in [0.2, 0.25) is 0 Å². The lowest BCUT2D eigenvalue weighted by atomic mass is 9.83. The van der Waals surface area contributed by atoms with Crippen molar-refractivity contribution in [2.75, 3.05) is 6.61 Å². The van der Waals surface area contributed by atoms with Crippen molar-refractivity contribution in [3.8, 4) is 5.75 Å². The Balaban J connectivity index is 2.03. The second kappa shape index (κ2) is 7.21. The summed E-state index contributed by atoms with van der Waals surface area (Å²) < 4.78 is 5.68. The van der Waals surface area contributed by atoms with Gasteiger partial charge < -0.3 is 15.4 Å². The van der Waals surface area contributed by atoms with Gasteiger partial charge in [-0.05, 0) is 13.0 Å². The maximum Gasteiger partial charge on any atom is 0.319 e. The fourth-order valence-corrected chi connectivity index (χ4v) is 3.06. The highest BCUT2D eigenvalue weighted by atomic mass is 16.5. The number of rotatable bonds is 5. The first kappa shape index (κ1) is 16.8. The lowest BCUT2D eigenvalue weighted by Crippen LogP contribution is -2.50. The molecule has 0 spiro atoms. The molecule has 0 saturated carbocycles. The van der Waals surface area contributed by atoms with Crippen molar-refractivity contribution < 1.29 is 14.3 Å². The van der Waals surface area contributed by atoms with Gasteiger partial charge in [-0.25, -0.2) is 4.79 Å². The van der Waals surface area contributed by atoms with E-state index in [1.165, 1.54) is 0 Å². The second-order valence-electron chi connectivity index (χ2n) is 5.78. The molecule has 1 aliphatic rings. The van der Waals surface area contributed by atoms with Gasteiger partial charge in [0.15, 0.2) is 5.78 Å². The van der Waals surface area contributed by atoms with Gasteiger partial charge in [-0.2, -0.15) is 0 Å². The molecule has 0 unspecified atom stereocenters. The monoisotopic (exact) mass is 336 g/mol. The number of carbonyl (C=O) groups excluding carboxylic acids is 2. The van der Waals surface area contributed by atoms with Crippen LogP contribution in [0.25, 0.3) is 0 Å². The third-order valence-corrected chi connectivity index (χ3v) is 4.16. The van der Waals surface area contributed by atoms with Crippen LogP contribution >= 0.6 is 0 Å². The molecule has 2 amide bonds.